The lowest BCUT2D eigenvalue weighted by atomic mass is 10.00. The van der Waals surface area contributed by atoms with Gasteiger partial charge in [0.15, 0.2) is 0 Å². The summed E-state index contributed by atoms with van der Waals surface area (Å²) >= 11 is 6.04. The van der Waals surface area contributed by atoms with Crippen molar-refractivity contribution < 1.29 is 0 Å². The summed E-state index contributed by atoms with van der Waals surface area (Å²) < 4.78 is 2.52. The van der Waals surface area contributed by atoms with Crippen LogP contribution in [0.25, 0.3) is 0 Å². The van der Waals surface area contributed by atoms with Crippen molar-refractivity contribution in [3.05, 3.63) is 31.8 Å². The van der Waals surface area contributed by atoms with E-state index in [0.29, 0.717) is 6.04 Å². The summed E-state index contributed by atoms with van der Waals surface area (Å²) in [7, 11) is 2.06. The molecule has 1 unspecified atom stereocenters. The van der Waals surface area contributed by atoms with Gasteiger partial charge in [-0.15, -0.1) is 0 Å². The number of rotatable bonds is 8. The summed E-state index contributed by atoms with van der Waals surface area (Å²) in [5.74, 6) is 0. The highest BCUT2D eigenvalue weighted by Gasteiger charge is 2.12. The Morgan fingerprint density at radius 2 is 1.94 bits per heavy atom. The highest BCUT2D eigenvalue weighted by Crippen LogP contribution is 2.28. The van der Waals surface area contributed by atoms with Crippen molar-refractivity contribution in [3.63, 3.8) is 0 Å². The standard InChI is InChI=1S/C15H23BrIN/c1-3-4-5-6-7-8-15(18-2)13-11-12(17)9-10-14(13)16/h9-11,15,18H,3-8H2,1-2H3. The molecule has 0 aromatic heterocycles. The van der Waals surface area contributed by atoms with Crippen LogP contribution in [0, 0.1) is 3.57 Å². The average Bonchev–Trinajstić information content (AvgIpc) is 2.37. The minimum Gasteiger partial charge on any atom is -0.313 e. The molecule has 3 heteroatoms. The van der Waals surface area contributed by atoms with Crippen molar-refractivity contribution in [3.8, 4) is 0 Å². The van der Waals surface area contributed by atoms with Crippen LogP contribution in [0.3, 0.4) is 0 Å². The van der Waals surface area contributed by atoms with Crippen molar-refractivity contribution >= 4 is 38.5 Å². The van der Waals surface area contributed by atoms with Gasteiger partial charge in [-0.1, -0.05) is 55.0 Å². The maximum atomic E-state index is 3.66. The van der Waals surface area contributed by atoms with Gasteiger partial charge in [0.2, 0.25) is 0 Å². The number of nitrogens with one attached hydrogen (secondary N) is 1. The zero-order valence-corrected chi connectivity index (χ0v) is 15.1. The smallest absolute Gasteiger partial charge is 0.0329 e. The molecule has 1 rings (SSSR count). The van der Waals surface area contributed by atoms with Crippen molar-refractivity contribution in [2.45, 2.75) is 51.5 Å². The van der Waals surface area contributed by atoms with E-state index in [4.69, 9.17) is 0 Å². The Labute approximate surface area is 133 Å². The quantitative estimate of drug-likeness (QED) is 0.419. The predicted octanol–water partition coefficient (Wildman–Crippen LogP) is 5.67. The molecule has 0 aliphatic heterocycles. The second-order valence-corrected chi connectivity index (χ2v) is 6.81. The molecule has 0 heterocycles. The highest BCUT2D eigenvalue weighted by atomic mass is 127. The van der Waals surface area contributed by atoms with Crippen LogP contribution in [-0.4, -0.2) is 7.05 Å². The second kappa shape index (κ2) is 9.32. The topological polar surface area (TPSA) is 12.0 Å². The van der Waals surface area contributed by atoms with Gasteiger partial charge >= 0.3 is 0 Å². The van der Waals surface area contributed by atoms with Gasteiger partial charge in [0.1, 0.15) is 0 Å². The molecule has 1 N–H and O–H groups in total. The van der Waals surface area contributed by atoms with E-state index in [1.165, 1.54) is 52.1 Å². The van der Waals surface area contributed by atoms with Crippen molar-refractivity contribution in [1.82, 2.24) is 5.32 Å². The van der Waals surface area contributed by atoms with Gasteiger partial charge in [-0.05, 0) is 59.8 Å². The Kier molecular flexibility index (Phi) is 8.51. The second-order valence-electron chi connectivity index (χ2n) is 4.71. The minimum absolute atomic E-state index is 0.468. The molecule has 0 saturated carbocycles. The molecule has 1 atom stereocenters. The summed E-state index contributed by atoms with van der Waals surface area (Å²) in [4.78, 5) is 0. The lowest BCUT2D eigenvalue weighted by molar-refractivity contribution is 0.499. The SMILES string of the molecule is CCCCCCCC(NC)c1cc(I)ccc1Br. The molecule has 0 bridgehead atoms. The van der Waals surface area contributed by atoms with E-state index < -0.39 is 0 Å². The highest BCUT2D eigenvalue weighted by molar-refractivity contribution is 14.1. The fourth-order valence-corrected chi connectivity index (χ4v) is 3.23. The van der Waals surface area contributed by atoms with E-state index in [0.717, 1.165) is 0 Å². The van der Waals surface area contributed by atoms with Gasteiger partial charge in [-0.2, -0.15) is 0 Å². The molecule has 0 saturated heterocycles. The largest absolute Gasteiger partial charge is 0.313 e. The third-order valence-corrected chi connectivity index (χ3v) is 4.67. The van der Waals surface area contributed by atoms with Crippen molar-refractivity contribution in [1.29, 1.82) is 0 Å². The van der Waals surface area contributed by atoms with Crippen LogP contribution in [0.2, 0.25) is 0 Å². The summed E-state index contributed by atoms with van der Waals surface area (Å²) in [5.41, 5.74) is 1.39. The van der Waals surface area contributed by atoms with Crippen LogP contribution < -0.4 is 5.32 Å². The molecule has 18 heavy (non-hydrogen) atoms. The first-order valence-electron chi connectivity index (χ1n) is 6.81. The van der Waals surface area contributed by atoms with Crippen molar-refractivity contribution in [2.75, 3.05) is 7.05 Å². The van der Waals surface area contributed by atoms with E-state index in [1.807, 2.05) is 0 Å². The van der Waals surface area contributed by atoms with Crippen LogP contribution in [-0.2, 0) is 0 Å². The van der Waals surface area contributed by atoms with Gasteiger partial charge in [0.05, 0.1) is 0 Å². The van der Waals surface area contributed by atoms with Gasteiger partial charge in [-0.25, -0.2) is 0 Å². The van der Waals surface area contributed by atoms with E-state index in [-0.39, 0.29) is 0 Å². The molecular weight excluding hydrogens is 401 g/mol. The minimum atomic E-state index is 0.468. The molecule has 0 aliphatic carbocycles. The molecule has 1 aromatic carbocycles. The third-order valence-electron chi connectivity index (χ3n) is 3.28. The van der Waals surface area contributed by atoms with Crippen LogP contribution in [0.4, 0.5) is 0 Å². The van der Waals surface area contributed by atoms with E-state index in [2.05, 4.69) is 76.0 Å². The lowest BCUT2D eigenvalue weighted by Gasteiger charge is -2.18. The summed E-state index contributed by atoms with van der Waals surface area (Å²) in [6, 6.07) is 7.04. The molecule has 0 aliphatic rings. The Hall–Kier alpha value is 0.390. The van der Waals surface area contributed by atoms with Crippen molar-refractivity contribution in [2.24, 2.45) is 0 Å². The zero-order valence-electron chi connectivity index (χ0n) is 11.3. The maximum Gasteiger partial charge on any atom is 0.0329 e. The average molecular weight is 424 g/mol. The number of unbranched alkanes of at least 4 members (excludes halogenated alkanes) is 4. The number of hydrogen-bond acceptors (Lipinski definition) is 1. The Morgan fingerprint density at radius 3 is 2.61 bits per heavy atom. The van der Waals surface area contributed by atoms with E-state index >= 15 is 0 Å². The molecule has 0 radical (unpaired) electrons. The molecule has 1 aromatic rings. The monoisotopic (exact) mass is 423 g/mol. The number of benzene rings is 1. The lowest BCUT2D eigenvalue weighted by Crippen LogP contribution is -2.17. The van der Waals surface area contributed by atoms with Gasteiger partial charge in [0.25, 0.3) is 0 Å². The Balaban J connectivity index is 2.52. The fourth-order valence-electron chi connectivity index (χ4n) is 2.19. The summed E-state index contributed by atoms with van der Waals surface area (Å²) in [6.07, 6.45) is 7.95. The fraction of sp³-hybridized carbons (Fsp3) is 0.600. The molecule has 0 amide bonds. The van der Waals surface area contributed by atoms with Gasteiger partial charge in [-0.3, -0.25) is 0 Å². The van der Waals surface area contributed by atoms with E-state index in [9.17, 15) is 0 Å². The Bertz CT molecular complexity index is 354. The number of hydrogen-bond donors (Lipinski definition) is 1. The normalized spacial score (nSPS) is 12.7. The molecule has 1 nitrogen and oxygen atoms in total. The first-order valence-corrected chi connectivity index (χ1v) is 8.68. The predicted molar refractivity (Wildman–Crippen MR) is 92.0 cm³/mol. The van der Waals surface area contributed by atoms with Crippen LogP contribution in [0.5, 0.6) is 0 Å². The summed E-state index contributed by atoms with van der Waals surface area (Å²) in [6.45, 7) is 2.26. The molecule has 0 fully saturated rings. The summed E-state index contributed by atoms with van der Waals surface area (Å²) in [5, 5.41) is 3.44. The van der Waals surface area contributed by atoms with Crippen LogP contribution in [0.15, 0.2) is 22.7 Å². The molecule has 102 valence electrons. The van der Waals surface area contributed by atoms with Crippen LogP contribution in [0.1, 0.15) is 57.1 Å². The maximum absolute atomic E-state index is 3.66. The third kappa shape index (κ3) is 5.57. The molecular formula is C15H23BrIN. The van der Waals surface area contributed by atoms with Crippen LogP contribution >= 0.6 is 38.5 Å². The van der Waals surface area contributed by atoms with Gasteiger partial charge in [0, 0.05) is 14.1 Å². The first-order chi connectivity index (χ1) is 8.69. The zero-order chi connectivity index (χ0) is 13.4. The number of halogens is 2. The Morgan fingerprint density at radius 1 is 1.22 bits per heavy atom. The van der Waals surface area contributed by atoms with Gasteiger partial charge < -0.3 is 5.32 Å². The van der Waals surface area contributed by atoms with E-state index in [1.54, 1.807) is 0 Å². The first kappa shape index (κ1) is 16.4. The molecule has 0 spiro atoms.